The van der Waals surface area contributed by atoms with Gasteiger partial charge in [-0.15, -0.1) is 0 Å². The predicted octanol–water partition coefficient (Wildman–Crippen LogP) is 3.19. The highest BCUT2D eigenvalue weighted by molar-refractivity contribution is 5.93. The first-order valence-corrected chi connectivity index (χ1v) is 6.89. The molecule has 102 valence electrons. The van der Waals surface area contributed by atoms with Gasteiger partial charge in [-0.25, -0.2) is 0 Å². The molecule has 1 unspecified atom stereocenters. The fourth-order valence-electron chi connectivity index (χ4n) is 2.80. The molecule has 0 spiro atoms. The summed E-state index contributed by atoms with van der Waals surface area (Å²) in [6, 6.07) is 14.3. The highest BCUT2D eigenvalue weighted by Crippen LogP contribution is 2.34. The van der Waals surface area contributed by atoms with Crippen molar-refractivity contribution in [3.63, 3.8) is 0 Å². The van der Waals surface area contributed by atoms with Crippen LogP contribution < -0.4 is 11.1 Å². The topological polar surface area (TPSA) is 55.1 Å². The summed E-state index contributed by atoms with van der Waals surface area (Å²) < 4.78 is 0. The second-order valence-corrected chi connectivity index (χ2v) is 5.38. The standard InChI is InChI=1S/C17H18N2O/c1-11-2-3-12-6-9-16(15(12)10-11)19-14-7-4-13(5-8-14)17(18)20/h2-5,7-8,10,16,19H,6,9H2,1H3,(H2,18,20). The largest absolute Gasteiger partial charge is 0.378 e. The molecule has 2 aromatic carbocycles. The van der Waals surface area contributed by atoms with Crippen LogP contribution in [0.3, 0.4) is 0 Å². The van der Waals surface area contributed by atoms with E-state index in [0.717, 1.165) is 18.5 Å². The number of nitrogens with two attached hydrogens (primary N) is 1. The molecule has 0 aromatic heterocycles. The highest BCUT2D eigenvalue weighted by Gasteiger charge is 2.22. The van der Waals surface area contributed by atoms with Crippen molar-refractivity contribution in [2.75, 3.05) is 5.32 Å². The van der Waals surface area contributed by atoms with Crippen molar-refractivity contribution >= 4 is 11.6 Å². The van der Waals surface area contributed by atoms with Crippen LogP contribution in [-0.4, -0.2) is 5.91 Å². The van der Waals surface area contributed by atoms with Crippen molar-refractivity contribution in [1.82, 2.24) is 0 Å². The third-order valence-corrected chi connectivity index (χ3v) is 3.89. The Kier molecular flexibility index (Phi) is 3.18. The molecule has 1 aliphatic rings. The lowest BCUT2D eigenvalue weighted by atomic mass is 10.0. The molecule has 2 aromatic rings. The normalized spacial score (nSPS) is 16.8. The molecule has 3 rings (SSSR count). The van der Waals surface area contributed by atoms with Gasteiger partial charge in [0.1, 0.15) is 0 Å². The van der Waals surface area contributed by atoms with Crippen molar-refractivity contribution in [2.45, 2.75) is 25.8 Å². The van der Waals surface area contributed by atoms with Crippen molar-refractivity contribution < 1.29 is 4.79 Å². The first-order valence-electron chi connectivity index (χ1n) is 6.89. The molecule has 1 atom stereocenters. The van der Waals surface area contributed by atoms with Crippen LogP contribution in [0.2, 0.25) is 0 Å². The zero-order valence-electron chi connectivity index (χ0n) is 11.5. The summed E-state index contributed by atoms with van der Waals surface area (Å²) >= 11 is 0. The van der Waals surface area contributed by atoms with Gasteiger partial charge in [-0.2, -0.15) is 0 Å². The summed E-state index contributed by atoms with van der Waals surface area (Å²) in [4.78, 5) is 11.1. The second-order valence-electron chi connectivity index (χ2n) is 5.38. The third kappa shape index (κ3) is 2.39. The first kappa shape index (κ1) is 12.7. The molecule has 0 heterocycles. The van der Waals surface area contributed by atoms with Gasteiger partial charge in [0.2, 0.25) is 5.91 Å². The Morgan fingerprint density at radius 1 is 1.20 bits per heavy atom. The van der Waals surface area contributed by atoms with Gasteiger partial charge in [-0.05, 0) is 55.2 Å². The Labute approximate surface area is 118 Å². The average molecular weight is 266 g/mol. The van der Waals surface area contributed by atoms with Crippen molar-refractivity contribution in [3.05, 3.63) is 64.7 Å². The minimum absolute atomic E-state index is 0.351. The molecule has 0 radical (unpaired) electrons. The number of fused-ring (bicyclic) bond motifs is 1. The Bertz CT molecular complexity index is 647. The Morgan fingerprint density at radius 3 is 2.65 bits per heavy atom. The van der Waals surface area contributed by atoms with Gasteiger partial charge >= 0.3 is 0 Å². The molecule has 0 saturated carbocycles. The smallest absolute Gasteiger partial charge is 0.248 e. The number of amides is 1. The maximum Gasteiger partial charge on any atom is 0.248 e. The number of anilines is 1. The van der Waals surface area contributed by atoms with Crippen LogP contribution in [0.1, 0.15) is 39.5 Å². The van der Waals surface area contributed by atoms with Crippen molar-refractivity contribution in [3.8, 4) is 0 Å². The van der Waals surface area contributed by atoms with Gasteiger partial charge in [-0.3, -0.25) is 4.79 Å². The average Bonchev–Trinajstić information content (AvgIpc) is 2.82. The lowest BCUT2D eigenvalue weighted by Crippen LogP contribution is -2.11. The number of benzene rings is 2. The van der Waals surface area contributed by atoms with E-state index < -0.39 is 5.91 Å². The van der Waals surface area contributed by atoms with E-state index in [1.807, 2.05) is 12.1 Å². The quantitative estimate of drug-likeness (QED) is 0.896. The number of carbonyl (C=O) groups is 1. The fourth-order valence-corrected chi connectivity index (χ4v) is 2.80. The van der Waals surface area contributed by atoms with Gasteiger partial charge in [-0.1, -0.05) is 23.8 Å². The Morgan fingerprint density at radius 2 is 1.95 bits per heavy atom. The Hall–Kier alpha value is -2.29. The minimum atomic E-state index is -0.390. The maximum atomic E-state index is 11.1. The molecule has 3 heteroatoms. The molecule has 0 bridgehead atoms. The number of hydrogen-bond acceptors (Lipinski definition) is 2. The zero-order valence-corrected chi connectivity index (χ0v) is 11.5. The molecule has 3 nitrogen and oxygen atoms in total. The Balaban J connectivity index is 1.80. The monoisotopic (exact) mass is 266 g/mol. The van der Waals surface area contributed by atoms with E-state index >= 15 is 0 Å². The first-order chi connectivity index (χ1) is 9.63. The highest BCUT2D eigenvalue weighted by atomic mass is 16.1. The van der Waals surface area contributed by atoms with Crippen molar-refractivity contribution in [2.24, 2.45) is 5.73 Å². The van der Waals surface area contributed by atoms with Crippen LogP contribution >= 0.6 is 0 Å². The molecule has 1 amide bonds. The van der Waals surface area contributed by atoms with Gasteiger partial charge in [0.05, 0.1) is 6.04 Å². The number of aryl methyl sites for hydroxylation is 2. The molecule has 0 aliphatic heterocycles. The lowest BCUT2D eigenvalue weighted by molar-refractivity contribution is 0.100. The molecule has 3 N–H and O–H groups in total. The van der Waals surface area contributed by atoms with E-state index in [9.17, 15) is 4.79 Å². The van der Waals surface area contributed by atoms with Gasteiger partial charge < -0.3 is 11.1 Å². The zero-order chi connectivity index (χ0) is 14.1. The summed E-state index contributed by atoms with van der Waals surface area (Å²) in [5.74, 6) is -0.390. The van der Waals surface area contributed by atoms with E-state index in [0.29, 0.717) is 11.6 Å². The van der Waals surface area contributed by atoms with Crippen molar-refractivity contribution in [1.29, 1.82) is 0 Å². The van der Waals surface area contributed by atoms with Crippen LogP contribution in [0.25, 0.3) is 0 Å². The molecule has 0 saturated heterocycles. The summed E-state index contributed by atoms with van der Waals surface area (Å²) in [6.45, 7) is 2.12. The second kappa shape index (κ2) is 5.00. The van der Waals surface area contributed by atoms with Crippen LogP contribution in [0.5, 0.6) is 0 Å². The molecular weight excluding hydrogens is 248 g/mol. The predicted molar refractivity (Wildman–Crippen MR) is 80.8 cm³/mol. The fraction of sp³-hybridized carbons (Fsp3) is 0.235. The minimum Gasteiger partial charge on any atom is -0.378 e. The summed E-state index contributed by atoms with van der Waals surface area (Å²) in [6.07, 6.45) is 2.23. The maximum absolute atomic E-state index is 11.1. The lowest BCUT2D eigenvalue weighted by Gasteiger charge is -2.16. The van der Waals surface area contributed by atoms with Gasteiger partial charge in [0, 0.05) is 11.3 Å². The summed E-state index contributed by atoms with van der Waals surface area (Å²) in [5.41, 5.74) is 10.9. The molecule has 0 fully saturated rings. The number of rotatable bonds is 3. The van der Waals surface area contributed by atoms with E-state index in [4.69, 9.17) is 5.73 Å². The van der Waals surface area contributed by atoms with E-state index in [-0.39, 0.29) is 0 Å². The number of primary amides is 1. The SMILES string of the molecule is Cc1ccc2c(c1)C(Nc1ccc(C(N)=O)cc1)CC2. The van der Waals surface area contributed by atoms with E-state index in [1.54, 1.807) is 12.1 Å². The molecule has 1 aliphatic carbocycles. The van der Waals surface area contributed by atoms with Crippen LogP contribution in [0, 0.1) is 6.92 Å². The van der Waals surface area contributed by atoms with Gasteiger partial charge in [0.15, 0.2) is 0 Å². The van der Waals surface area contributed by atoms with Crippen LogP contribution in [-0.2, 0) is 6.42 Å². The third-order valence-electron chi connectivity index (χ3n) is 3.89. The number of hydrogen-bond donors (Lipinski definition) is 2. The molecular formula is C17H18N2O. The van der Waals surface area contributed by atoms with Crippen LogP contribution in [0.4, 0.5) is 5.69 Å². The number of nitrogens with one attached hydrogen (secondary N) is 1. The molecule has 20 heavy (non-hydrogen) atoms. The van der Waals surface area contributed by atoms with Crippen LogP contribution in [0.15, 0.2) is 42.5 Å². The van der Waals surface area contributed by atoms with Gasteiger partial charge in [0.25, 0.3) is 0 Å². The number of carbonyl (C=O) groups excluding carboxylic acids is 1. The van der Waals surface area contributed by atoms with E-state index in [2.05, 4.69) is 30.4 Å². The van der Waals surface area contributed by atoms with E-state index in [1.165, 1.54) is 16.7 Å². The summed E-state index contributed by atoms with van der Waals surface area (Å²) in [7, 11) is 0. The summed E-state index contributed by atoms with van der Waals surface area (Å²) in [5, 5.41) is 3.54.